The van der Waals surface area contributed by atoms with Crippen LogP contribution in [-0.2, 0) is 30.7 Å². The number of benzene rings is 3. The summed E-state index contributed by atoms with van der Waals surface area (Å²) >= 11 is 0. The minimum atomic E-state index is -4.64. The number of fused-ring (bicyclic) bond motifs is 1. The van der Waals surface area contributed by atoms with Crippen molar-refractivity contribution in [2.75, 3.05) is 9.80 Å². The van der Waals surface area contributed by atoms with E-state index in [-0.39, 0.29) is 16.8 Å². The summed E-state index contributed by atoms with van der Waals surface area (Å²) in [4.78, 5) is 56.9. The van der Waals surface area contributed by atoms with Crippen molar-refractivity contribution in [3.63, 3.8) is 0 Å². The average Bonchev–Trinajstić information content (AvgIpc) is 3.33. The summed E-state index contributed by atoms with van der Waals surface area (Å²) in [6.07, 6.45) is -6.05. The van der Waals surface area contributed by atoms with Crippen LogP contribution < -0.4 is 9.80 Å². The Morgan fingerprint density at radius 3 is 2.08 bits per heavy atom. The van der Waals surface area contributed by atoms with Crippen LogP contribution in [-0.4, -0.2) is 29.4 Å². The smallest absolute Gasteiger partial charge is 0.421 e. The van der Waals surface area contributed by atoms with Gasteiger partial charge in [-0.25, -0.2) is 9.69 Å². The van der Waals surface area contributed by atoms with Gasteiger partial charge in [-0.1, -0.05) is 48.5 Å². The molecule has 206 valence electrons. The number of halogens is 3. The number of rotatable bonds is 3. The molecule has 7 nitrogen and oxygen atoms in total. The van der Waals surface area contributed by atoms with Crippen LogP contribution in [0.3, 0.4) is 0 Å². The fraction of sp³-hybridized carbons (Fsp3) is 0.267. The largest absolute Gasteiger partial charge is 0.443 e. The van der Waals surface area contributed by atoms with E-state index in [4.69, 9.17) is 4.74 Å². The molecule has 2 aliphatic heterocycles. The highest BCUT2D eigenvalue weighted by molar-refractivity contribution is 6.28. The van der Waals surface area contributed by atoms with Gasteiger partial charge in [-0.2, -0.15) is 13.2 Å². The van der Waals surface area contributed by atoms with Crippen molar-refractivity contribution >= 4 is 35.2 Å². The first kappa shape index (κ1) is 27.1. The maximum atomic E-state index is 14.5. The third-order valence-electron chi connectivity index (χ3n) is 7.04. The second-order valence-electron chi connectivity index (χ2n) is 10.7. The van der Waals surface area contributed by atoms with E-state index < -0.39 is 58.9 Å². The lowest BCUT2D eigenvalue weighted by molar-refractivity contribution is -0.137. The summed E-state index contributed by atoms with van der Waals surface area (Å²) in [5.74, 6) is -3.51. The van der Waals surface area contributed by atoms with Gasteiger partial charge in [-0.15, -0.1) is 0 Å². The Morgan fingerprint density at radius 1 is 0.875 bits per heavy atom. The predicted molar refractivity (Wildman–Crippen MR) is 139 cm³/mol. The number of amides is 4. The molecule has 0 unspecified atom stereocenters. The molecule has 0 N–H and O–H groups in total. The van der Waals surface area contributed by atoms with Crippen molar-refractivity contribution in [1.29, 1.82) is 0 Å². The Morgan fingerprint density at radius 2 is 1.48 bits per heavy atom. The van der Waals surface area contributed by atoms with Gasteiger partial charge in [0.25, 0.3) is 5.91 Å². The summed E-state index contributed by atoms with van der Waals surface area (Å²) < 4.78 is 45.8. The summed E-state index contributed by atoms with van der Waals surface area (Å²) in [5.41, 5.74) is -3.22. The van der Waals surface area contributed by atoms with E-state index in [2.05, 4.69) is 0 Å². The molecule has 10 heteroatoms. The lowest BCUT2D eigenvalue weighted by atomic mass is 9.65. The molecule has 3 aromatic carbocycles. The van der Waals surface area contributed by atoms with E-state index in [0.717, 1.165) is 34.1 Å². The van der Waals surface area contributed by atoms with Crippen LogP contribution >= 0.6 is 0 Å². The van der Waals surface area contributed by atoms with E-state index in [1.807, 2.05) is 0 Å². The minimum absolute atomic E-state index is 0.0464. The highest BCUT2D eigenvalue weighted by Gasteiger charge is 2.64. The van der Waals surface area contributed by atoms with E-state index in [9.17, 15) is 32.3 Å². The third-order valence-corrected chi connectivity index (χ3v) is 7.04. The van der Waals surface area contributed by atoms with E-state index in [0.29, 0.717) is 5.69 Å². The Hall–Kier alpha value is -4.47. The lowest BCUT2D eigenvalue weighted by Crippen LogP contribution is -2.51. The first-order chi connectivity index (χ1) is 18.8. The molecule has 0 radical (unpaired) electrons. The maximum absolute atomic E-state index is 14.5. The number of alkyl halides is 3. The van der Waals surface area contributed by atoms with Gasteiger partial charge in [0, 0.05) is 6.42 Å². The van der Waals surface area contributed by atoms with Gasteiger partial charge in [0.15, 0.2) is 0 Å². The first-order valence-electron chi connectivity index (χ1n) is 12.5. The molecule has 0 spiro atoms. The zero-order valence-corrected chi connectivity index (χ0v) is 21.9. The summed E-state index contributed by atoms with van der Waals surface area (Å²) in [6, 6.07) is 18.3. The van der Waals surface area contributed by atoms with Crippen LogP contribution in [0, 0.1) is 5.92 Å². The zero-order chi connectivity index (χ0) is 29.0. The molecule has 5 rings (SSSR count). The van der Waals surface area contributed by atoms with Crippen LogP contribution in [0.25, 0.3) is 0 Å². The quantitative estimate of drug-likeness (QED) is 0.382. The van der Waals surface area contributed by atoms with Crippen LogP contribution in [0.2, 0.25) is 0 Å². The van der Waals surface area contributed by atoms with E-state index in [1.54, 1.807) is 63.2 Å². The molecule has 3 aromatic rings. The number of anilines is 2. The number of carbonyl (C=O) groups excluding carboxylic acids is 4. The van der Waals surface area contributed by atoms with Crippen molar-refractivity contribution in [3.05, 3.63) is 95.6 Å². The monoisotopic (exact) mass is 550 g/mol. The molecule has 2 aliphatic rings. The third kappa shape index (κ3) is 4.24. The molecule has 0 saturated carbocycles. The maximum Gasteiger partial charge on any atom is 0.421 e. The fourth-order valence-corrected chi connectivity index (χ4v) is 5.45. The molecule has 2 heterocycles. The molecule has 1 fully saturated rings. The summed E-state index contributed by atoms with van der Waals surface area (Å²) in [5, 5.41) is 0. The summed E-state index contributed by atoms with van der Waals surface area (Å²) in [6.45, 7) is 4.87. The first-order valence-corrected chi connectivity index (χ1v) is 12.5. The molecule has 0 aliphatic carbocycles. The SMILES string of the molecule is CC(C)(C)OC(=O)N1C(=O)[C@](c2ccc(C(F)(F)F)cc2)([C@H]2CC(=O)N(c3ccccc3)C2=O)c2ccccc21. The molecule has 0 bridgehead atoms. The minimum Gasteiger partial charge on any atom is -0.443 e. The van der Waals surface area contributed by atoms with Gasteiger partial charge in [-0.3, -0.25) is 19.3 Å². The van der Waals surface area contributed by atoms with Gasteiger partial charge in [0.05, 0.1) is 22.9 Å². The lowest BCUT2D eigenvalue weighted by Gasteiger charge is -2.34. The Labute approximate surface area is 228 Å². The zero-order valence-electron chi connectivity index (χ0n) is 21.9. The number of carbonyl (C=O) groups is 4. The van der Waals surface area contributed by atoms with Crippen molar-refractivity contribution < 1.29 is 37.1 Å². The topological polar surface area (TPSA) is 84.0 Å². The number of para-hydroxylation sites is 2. The van der Waals surface area contributed by atoms with Crippen LogP contribution in [0.15, 0.2) is 78.9 Å². The van der Waals surface area contributed by atoms with Gasteiger partial charge < -0.3 is 4.74 Å². The van der Waals surface area contributed by atoms with Crippen LogP contribution in [0.5, 0.6) is 0 Å². The summed E-state index contributed by atoms with van der Waals surface area (Å²) in [7, 11) is 0. The van der Waals surface area contributed by atoms with E-state index in [1.165, 1.54) is 12.1 Å². The van der Waals surface area contributed by atoms with Crippen LogP contribution in [0.4, 0.5) is 29.3 Å². The van der Waals surface area contributed by atoms with Gasteiger partial charge >= 0.3 is 12.3 Å². The molecule has 1 saturated heterocycles. The number of hydrogen-bond acceptors (Lipinski definition) is 5. The van der Waals surface area contributed by atoms with Crippen molar-refractivity contribution in [1.82, 2.24) is 0 Å². The number of nitrogens with zero attached hydrogens (tertiary/aromatic N) is 2. The highest BCUT2D eigenvalue weighted by atomic mass is 19.4. The molecule has 0 aromatic heterocycles. The Bertz CT molecular complexity index is 1510. The molecule has 2 atom stereocenters. The van der Waals surface area contributed by atoms with Crippen molar-refractivity contribution in [2.24, 2.45) is 5.92 Å². The standard InChI is InChI=1S/C30H25F3N2O5/c1-28(2,3)40-27(39)35-23-12-8-7-11-21(23)29(26(35)38,18-13-15-19(16-14-18)30(31,32)33)22-17-24(36)34(25(22)37)20-9-5-4-6-10-20/h4-16,22H,17H2,1-3H3/t22-,29-/m0/s1. The molecular weight excluding hydrogens is 525 g/mol. The highest BCUT2D eigenvalue weighted by Crippen LogP contribution is 2.54. The molecular formula is C30H25F3N2O5. The second kappa shape index (κ2) is 9.32. The van der Waals surface area contributed by atoms with E-state index >= 15 is 0 Å². The van der Waals surface area contributed by atoms with Crippen molar-refractivity contribution in [2.45, 2.75) is 44.4 Å². The number of ether oxygens (including phenoxy) is 1. The predicted octanol–water partition coefficient (Wildman–Crippen LogP) is 5.85. The van der Waals surface area contributed by atoms with Crippen molar-refractivity contribution in [3.8, 4) is 0 Å². The number of hydrogen-bond donors (Lipinski definition) is 0. The van der Waals surface area contributed by atoms with Gasteiger partial charge in [0.1, 0.15) is 11.0 Å². The Balaban J connectivity index is 1.74. The Kier molecular flexibility index (Phi) is 6.32. The fourth-order valence-electron chi connectivity index (χ4n) is 5.45. The molecule has 4 amide bonds. The number of imide groups is 2. The second-order valence-corrected chi connectivity index (χ2v) is 10.7. The van der Waals surface area contributed by atoms with Gasteiger partial charge in [0.2, 0.25) is 11.8 Å². The van der Waals surface area contributed by atoms with Crippen LogP contribution in [0.1, 0.15) is 43.9 Å². The molecule has 40 heavy (non-hydrogen) atoms. The van der Waals surface area contributed by atoms with Gasteiger partial charge in [-0.05, 0) is 62.2 Å². The normalized spacial score (nSPS) is 21.1. The average molecular weight is 551 g/mol.